The van der Waals surface area contributed by atoms with Gasteiger partial charge in [-0.05, 0) is 71.5 Å². The minimum Gasteiger partial charge on any atom is -0.365 e. The average Bonchev–Trinajstić information content (AvgIpc) is 2.74. The van der Waals surface area contributed by atoms with E-state index in [0.717, 1.165) is 0 Å². The largest absolute Gasteiger partial charge is 0.365 e. The number of aromatic nitrogens is 2. The number of halogens is 2. The molecule has 3 rings (SSSR count). The summed E-state index contributed by atoms with van der Waals surface area (Å²) in [5, 5.41) is 2.79. The van der Waals surface area contributed by atoms with Gasteiger partial charge in [-0.15, -0.1) is 0 Å². The number of anilines is 3. The van der Waals surface area contributed by atoms with Gasteiger partial charge in [-0.3, -0.25) is 18.9 Å². The Hall–Kier alpha value is -3.00. The number of amides is 1. The molecule has 0 aliphatic carbocycles. The van der Waals surface area contributed by atoms with E-state index in [2.05, 4.69) is 15.0 Å². The van der Waals surface area contributed by atoms with Crippen LogP contribution in [0, 0.1) is 9.39 Å². The molecule has 2 aromatic heterocycles. The van der Waals surface area contributed by atoms with Crippen molar-refractivity contribution < 1.29 is 17.6 Å². The third kappa shape index (κ3) is 5.87. The number of carbonyl (C=O) groups excluding carboxylic acids is 1. The Balaban J connectivity index is 2.00. The summed E-state index contributed by atoms with van der Waals surface area (Å²) in [5.41, 5.74) is 6.05. The highest BCUT2D eigenvalue weighted by Crippen LogP contribution is 2.24. The Labute approximate surface area is 203 Å². The van der Waals surface area contributed by atoms with E-state index in [-0.39, 0.29) is 40.6 Å². The van der Waals surface area contributed by atoms with E-state index in [4.69, 9.17) is 5.73 Å². The van der Waals surface area contributed by atoms with Gasteiger partial charge in [0.2, 0.25) is 10.0 Å². The predicted octanol–water partition coefficient (Wildman–Crippen LogP) is 2.72. The molecule has 9 nitrogen and oxygen atoms in total. The highest BCUT2D eigenvalue weighted by atomic mass is 127. The van der Waals surface area contributed by atoms with Gasteiger partial charge < -0.3 is 11.1 Å². The minimum atomic E-state index is -3.52. The number of nitrogens with one attached hydrogen (secondary N) is 2. The van der Waals surface area contributed by atoms with Crippen LogP contribution in [0.4, 0.5) is 21.7 Å². The van der Waals surface area contributed by atoms with Gasteiger partial charge in [0.25, 0.3) is 11.5 Å². The molecule has 12 heteroatoms. The van der Waals surface area contributed by atoms with Gasteiger partial charge in [-0.25, -0.2) is 17.8 Å². The van der Waals surface area contributed by atoms with Gasteiger partial charge in [0.1, 0.15) is 17.5 Å². The summed E-state index contributed by atoms with van der Waals surface area (Å²) in [6.07, 6.45) is 1.51. The lowest BCUT2D eigenvalue weighted by molar-refractivity contribution is 0.100. The molecule has 0 unspecified atom stereocenters. The van der Waals surface area contributed by atoms with Crippen molar-refractivity contribution in [1.29, 1.82) is 0 Å². The van der Waals surface area contributed by atoms with Crippen molar-refractivity contribution in [3.8, 4) is 0 Å². The van der Waals surface area contributed by atoms with E-state index in [1.165, 1.54) is 49.0 Å². The van der Waals surface area contributed by atoms with Gasteiger partial charge in [0.15, 0.2) is 0 Å². The van der Waals surface area contributed by atoms with Crippen molar-refractivity contribution in [2.24, 2.45) is 12.8 Å². The van der Waals surface area contributed by atoms with Crippen LogP contribution in [0.2, 0.25) is 0 Å². The number of sulfonamides is 1. The number of benzene rings is 1. The molecule has 1 aromatic carbocycles. The maximum Gasteiger partial charge on any atom is 0.255 e. The van der Waals surface area contributed by atoms with Gasteiger partial charge in [-0.1, -0.05) is 0 Å². The maximum absolute atomic E-state index is 14.3. The smallest absolute Gasteiger partial charge is 0.255 e. The molecule has 3 aromatic rings. The van der Waals surface area contributed by atoms with Crippen molar-refractivity contribution >= 4 is 55.8 Å². The molecule has 0 aliphatic rings. The Morgan fingerprint density at radius 2 is 1.97 bits per heavy atom. The van der Waals surface area contributed by atoms with E-state index < -0.39 is 27.3 Å². The normalized spacial score (nSPS) is 11.3. The second kappa shape index (κ2) is 9.87. The Kier molecular flexibility index (Phi) is 7.37. The van der Waals surface area contributed by atoms with Gasteiger partial charge >= 0.3 is 0 Å². The molecule has 1 amide bonds. The van der Waals surface area contributed by atoms with Crippen LogP contribution >= 0.6 is 22.6 Å². The van der Waals surface area contributed by atoms with Crippen LogP contribution in [-0.2, 0) is 23.5 Å². The van der Waals surface area contributed by atoms with Crippen molar-refractivity contribution in [3.05, 3.63) is 79.0 Å². The second-order valence-corrected chi connectivity index (χ2v) is 10.4. The first-order valence-corrected chi connectivity index (χ1v) is 12.4. The predicted molar refractivity (Wildman–Crippen MR) is 133 cm³/mol. The minimum absolute atomic E-state index is 0.00557. The third-order valence-corrected chi connectivity index (χ3v) is 6.75. The van der Waals surface area contributed by atoms with E-state index in [1.54, 1.807) is 12.1 Å². The number of hydrogen-bond acceptors (Lipinski definition) is 6. The van der Waals surface area contributed by atoms with Crippen LogP contribution in [0.25, 0.3) is 0 Å². The van der Waals surface area contributed by atoms with Crippen LogP contribution in [0.3, 0.4) is 0 Å². The highest BCUT2D eigenvalue weighted by Gasteiger charge is 2.18. The molecular weight excluding hydrogens is 564 g/mol. The molecule has 0 saturated carbocycles. The fraction of sp³-hybridized carbons (Fsp3) is 0.190. The van der Waals surface area contributed by atoms with Crippen LogP contribution in [0.5, 0.6) is 0 Å². The molecule has 0 fully saturated rings. The number of primary amides is 1. The van der Waals surface area contributed by atoms with E-state index in [9.17, 15) is 22.4 Å². The molecule has 33 heavy (non-hydrogen) atoms. The van der Waals surface area contributed by atoms with Crippen LogP contribution in [-0.4, -0.2) is 29.6 Å². The van der Waals surface area contributed by atoms with Gasteiger partial charge in [-0.2, -0.15) is 0 Å². The summed E-state index contributed by atoms with van der Waals surface area (Å²) in [7, 11) is -2.07. The molecular formula is C21H21FIN5O4S. The number of carbonyl (C=O) groups is 1. The summed E-state index contributed by atoms with van der Waals surface area (Å²) in [6, 6.07) is 8.97. The number of nitrogens with zero attached hydrogens (tertiary/aromatic N) is 2. The molecule has 0 radical (unpaired) electrons. The standard InChI is InChI=1S/C21H21FIN5O4S/c1-3-33(31,32)27-18-9-12(6-7-25-18)8-13-10-15(19(24)29)20(28(2)21(13)30)26-17-5-4-14(23)11-16(17)22/h4-7,9-11,26H,3,8H2,1-2H3,(H2,24,29)(H,25,27). The monoisotopic (exact) mass is 585 g/mol. The van der Waals surface area contributed by atoms with Crippen molar-refractivity contribution in [2.75, 3.05) is 15.8 Å². The zero-order chi connectivity index (χ0) is 24.3. The van der Waals surface area contributed by atoms with Crippen LogP contribution in [0.15, 0.2) is 47.4 Å². The van der Waals surface area contributed by atoms with Gasteiger partial charge in [0.05, 0.1) is 17.0 Å². The molecule has 2 heterocycles. The molecule has 0 saturated heterocycles. The maximum atomic E-state index is 14.3. The summed E-state index contributed by atoms with van der Waals surface area (Å²) < 4.78 is 42.1. The first-order valence-electron chi connectivity index (χ1n) is 9.71. The number of rotatable bonds is 8. The van der Waals surface area contributed by atoms with Crippen LogP contribution in [0.1, 0.15) is 28.4 Å². The Morgan fingerprint density at radius 1 is 1.24 bits per heavy atom. The van der Waals surface area contributed by atoms with Gasteiger partial charge in [0, 0.05) is 28.8 Å². The Morgan fingerprint density at radius 3 is 2.61 bits per heavy atom. The summed E-state index contributed by atoms with van der Waals surface area (Å²) in [4.78, 5) is 29.1. The van der Waals surface area contributed by atoms with E-state index in [1.807, 2.05) is 22.6 Å². The fourth-order valence-corrected chi connectivity index (χ4v) is 4.11. The molecule has 0 aliphatic heterocycles. The lowest BCUT2D eigenvalue weighted by atomic mass is 10.0. The van der Waals surface area contributed by atoms with E-state index >= 15 is 0 Å². The first-order chi connectivity index (χ1) is 15.5. The number of pyridine rings is 2. The second-order valence-electron chi connectivity index (χ2n) is 7.14. The number of nitrogens with two attached hydrogens (primary N) is 1. The topological polar surface area (TPSA) is 136 Å². The molecule has 0 atom stereocenters. The zero-order valence-electron chi connectivity index (χ0n) is 17.7. The fourth-order valence-electron chi connectivity index (χ4n) is 3.08. The average molecular weight is 585 g/mol. The lowest BCUT2D eigenvalue weighted by Crippen LogP contribution is -2.28. The summed E-state index contributed by atoms with van der Waals surface area (Å²) >= 11 is 1.97. The first kappa shape index (κ1) is 24.6. The zero-order valence-corrected chi connectivity index (χ0v) is 20.7. The third-order valence-electron chi connectivity index (χ3n) is 4.80. The summed E-state index contributed by atoms with van der Waals surface area (Å²) in [5.74, 6) is -1.29. The van der Waals surface area contributed by atoms with Crippen molar-refractivity contribution in [3.63, 3.8) is 0 Å². The SMILES string of the molecule is CCS(=O)(=O)Nc1cc(Cc2cc(C(N)=O)c(Nc3ccc(I)cc3F)n(C)c2=O)ccn1. The molecule has 0 bridgehead atoms. The highest BCUT2D eigenvalue weighted by molar-refractivity contribution is 14.1. The lowest BCUT2D eigenvalue weighted by Gasteiger charge is -2.17. The molecule has 174 valence electrons. The van der Waals surface area contributed by atoms with Crippen molar-refractivity contribution in [1.82, 2.24) is 9.55 Å². The molecule has 0 spiro atoms. The summed E-state index contributed by atoms with van der Waals surface area (Å²) in [6.45, 7) is 1.50. The quantitative estimate of drug-likeness (QED) is 0.348. The van der Waals surface area contributed by atoms with Crippen molar-refractivity contribution in [2.45, 2.75) is 13.3 Å². The van der Waals surface area contributed by atoms with E-state index in [0.29, 0.717) is 9.13 Å². The van der Waals surface area contributed by atoms with Crippen LogP contribution < -0.4 is 21.3 Å². The molecule has 4 N–H and O–H groups in total. The number of hydrogen-bond donors (Lipinski definition) is 3. The Bertz CT molecular complexity index is 1390.